The Labute approximate surface area is 157 Å². The van der Waals surface area contributed by atoms with Crippen LogP contribution in [0.5, 0.6) is 5.75 Å². The van der Waals surface area contributed by atoms with E-state index < -0.39 is 12.4 Å². The van der Waals surface area contributed by atoms with Gasteiger partial charge in [0.25, 0.3) is 0 Å². The van der Waals surface area contributed by atoms with E-state index in [1.807, 2.05) is 31.2 Å². The van der Waals surface area contributed by atoms with Crippen LogP contribution in [0.3, 0.4) is 0 Å². The molecule has 0 aliphatic rings. The standard InChI is InChI=1S/C23H21F3O/c1-3-5-6-16-7-10-17(11-8-16)21-20(27-23(25)26)14-18-13-15(4-2)9-12-19(18)22(21)24/h3,7-14,23H,1,4-6H2,2H3. The van der Waals surface area contributed by atoms with Gasteiger partial charge in [0.1, 0.15) is 11.6 Å². The monoisotopic (exact) mass is 370 g/mol. The summed E-state index contributed by atoms with van der Waals surface area (Å²) in [6, 6.07) is 14.1. The predicted octanol–water partition coefficient (Wildman–Crippen LogP) is 6.93. The smallest absolute Gasteiger partial charge is 0.387 e. The zero-order valence-electron chi connectivity index (χ0n) is 15.1. The maximum atomic E-state index is 15.3. The third-order valence-corrected chi connectivity index (χ3v) is 4.61. The van der Waals surface area contributed by atoms with E-state index in [4.69, 9.17) is 0 Å². The van der Waals surface area contributed by atoms with Crippen LogP contribution in [0.25, 0.3) is 21.9 Å². The fourth-order valence-corrected chi connectivity index (χ4v) is 3.17. The largest absolute Gasteiger partial charge is 0.434 e. The van der Waals surface area contributed by atoms with Crippen LogP contribution < -0.4 is 4.74 Å². The normalized spacial score (nSPS) is 11.1. The van der Waals surface area contributed by atoms with E-state index in [1.165, 1.54) is 6.07 Å². The van der Waals surface area contributed by atoms with Gasteiger partial charge in [0.15, 0.2) is 0 Å². The number of benzene rings is 3. The maximum absolute atomic E-state index is 15.3. The van der Waals surface area contributed by atoms with Gasteiger partial charge in [-0.3, -0.25) is 0 Å². The van der Waals surface area contributed by atoms with Gasteiger partial charge in [0.05, 0.1) is 5.56 Å². The van der Waals surface area contributed by atoms with E-state index in [-0.39, 0.29) is 11.3 Å². The summed E-state index contributed by atoms with van der Waals surface area (Å²) >= 11 is 0. The fourth-order valence-electron chi connectivity index (χ4n) is 3.17. The molecule has 0 atom stereocenters. The number of aryl methyl sites for hydroxylation is 2. The number of rotatable bonds is 7. The van der Waals surface area contributed by atoms with E-state index >= 15 is 4.39 Å². The first-order chi connectivity index (χ1) is 13.0. The second kappa shape index (κ2) is 8.30. The van der Waals surface area contributed by atoms with E-state index in [9.17, 15) is 8.78 Å². The minimum absolute atomic E-state index is 0.0577. The summed E-state index contributed by atoms with van der Waals surface area (Å²) in [7, 11) is 0. The van der Waals surface area contributed by atoms with Crippen molar-refractivity contribution < 1.29 is 17.9 Å². The number of hydrogen-bond donors (Lipinski definition) is 0. The average molecular weight is 370 g/mol. The van der Waals surface area contributed by atoms with Crippen molar-refractivity contribution in [3.05, 3.63) is 78.1 Å². The van der Waals surface area contributed by atoms with Gasteiger partial charge in [-0.05, 0) is 47.4 Å². The highest BCUT2D eigenvalue weighted by atomic mass is 19.3. The lowest BCUT2D eigenvalue weighted by Gasteiger charge is -2.15. The first-order valence-corrected chi connectivity index (χ1v) is 8.93. The van der Waals surface area contributed by atoms with Gasteiger partial charge >= 0.3 is 6.61 Å². The summed E-state index contributed by atoms with van der Waals surface area (Å²) in [6.07, 6.45) is 4.26. The van der Waals surface area contributed by atoms with Crippen molar-refractivity contribution >= 4 is 10.8 Å². The minimum Gasteiger partial charge on any atom is -0.434 e. The van der Waals surface area contributed by atoms with Crippen molar-refractivity contribution in [2.24, 2.45) is 0 Å². The van der Waals surface area contributed by atoms with E-state index in [2.05, 4.69) is 11.3 Å². The maximum Gasteiger partial charge on any atom is 0.387 e. The molecule has 3 aromatic carbocycles. The molecule has 3 aromatic rings. The third-order valence-electron chi connectivity index (χ3n) is 4.61. The lowest BCUT2D eigenvalue weighted by molar-refractivity contribution is -0.0494. The third kappa shape index (κ3) is 4.16. The molecule has 1 nitrogen and oxygen atoms in total. The van der Waals surface area contributed by atoms with Gasteiger partial charge in [-0.15, -0.1) is 6.58 Å². The molecule has 0 saturated carbocycles. The molecule has 0 aliphatic heterocycles. The van der Waals surface area contributed by atoms with E-state index in [0.717, 1.165) is 30.4 Å². The molecule has 0 unspecified atom stereocenters. The van der Waals surface area contributed by atoms with Crippen molar-refractivity contribution in [2.75, 3.05) is 0 Å². The van der Waals surface area contributed by atoms with Crippen molar-refractivity contribution in [1.29, 1.82) is 0 Å². The first kappa shape index (κ1) is 19.0. The van der Waals surface area contributed by atoms with Gasteiger partial charge in [-0.2, -0.15) is 8.78 Å². The van der Waals surface area contributed by atoms with Crippen LogP contribution in [0.2, 0.25) is 0 Å². The van der Waals surface area contributed by atoms with Crippen molar-refractivity contribution in [2.45, 2.75) is 32.8 Å². The van der Waals surface area contributed by atoms with Gasteiger partial charge in [0.2, 0.25) is 0 Å². The lowest BCUT2D eigenvalue weighted by Crippen LogP contribution is -2.05. The quantitative estimate of drug-likeness (QED) is 0.410. The van der Waals surface area contributed by atoms with Crippen LogP contribution in [-0.4, -0.2) is 6.61 Å². The SMILES string of the molecule is C=CCCc1ccc(-c2c(OC(F)F)cc3cc(CC)ccc3c2F)cc1. The summed E-state index contributed by atoms with van der Waals surface area (Å²) in [5.74, 6) is -0.702. The Bertz CT molecular complexity index is 946. The molecule has 0 heterocycles. The van der Waals surface area contributed by atoms with Crippen LogP contribution in [0, 0.1) is 5.82 Å². The van der Waals surface area contributed by atoms with Crippen LogP contribution in [0.15, 0.2) is 61.2 Å². The van der Waals surface area contributed by atoms with E-state index in [1.54, 1.807) is 24.3 Å². The Morgan fingerprint density at radius 3 is 2.37 bits per heavy atom. The van der Waals surface area contributed by atoms with Crippen LogP contribution >= 0.6 is 0 Å². The number of alkyl halides is 2. The Balaban J connectivity index is 2.14. The molecule has 0 fully saturated rings. The highest BCUT2D eigenvalue weighted by Crippen LogP contribution is 2.39. The number of halogens is 3. The molecular weight excluding hydrogens is 349 g/mol. The highest BCUT2D eigenvalue weighted by Gasteiger charge is 2.19. The molecule has 0 N–H and O–H groups in total. The number of ether oxygens (including phenoxy) is 1. The first-order valence-electron chi connectivity index (χ1n) is 8.93. The fraction of sp³-hybridized carbons (Fsp3) is 0.217. The second-order valence-electron chi connectivity index (χ2n) is 6.38. The molecule has 4 heteroatoms. The topological polar surface area (TPSA) is 9.23 Å². The number of fused-ring (bicyclic) bond motifs is 1. The molecular formula is C23H21F3O. The zero-order valence-corrected chi connectivity index (χ0v) is 15.1. The average Bonchev–Trinajstić information content (AvgIpc) is 2.66. The molecule has 27 heavy (non-hydrogen) atoms. The molecule has 0 saturated heterocycles. The van der Waals surface area contributed by atoms with Gasteiger partial charge < -0.3 is 4.74 Å². The Morgan fingerprint density at radius 2 is 1.74 bits per heavy atom. The summed E-state index contributed by atoms with van der Waals surface area (Å²) in [6.45, 7) is 2.65. The zero-order chi connectivity index (χ0) is 19.4. The number of hydrogen-bond acceptors (Lipinski definition) is 1. The van der Waals surface area contributed by atoms with E-state index in [0.29, 0.717) is 16.3 Å². The molecule has 0 bridgehead atoms. The predicted molar refractivity (Wildman–Crippen MR) is 104 cm³/mol. The summed E-state index contributed by atoms with van der Waals surface area (Å²) in [5, 5.41) is 0.938. The van der Waals surface area contributed by atoms with Gasteiger partial charge in [-0.25, -0.2) is 4.39 Å². The van der Waals surface area contributed by atoms with Gasteiger partial charge in [0, 0.05) is 5.39 Å². The Kier molecular flexibility index (Phi) is 5.84. The molecule has 0 radical (unpaired) electrons. The Hall–Kier alpha value is -2.75. The van der Waals surface area contributed by atoms with Crippen LogP contribution in [-0.2, 0) is 12.8 Å². The second-order valence-corrected chi connectivity index (χ2v) is 6.38. The molecule has 0 aliphatic carbocycles. The molecule has 3 rings (SSSR count). The minimum atomic E-state index is -3.03. The molecule has 0 aromatic heterocycles. The van der Waals surface area contributed by atoms with Crippen molar-refractivity contribution in [3.63, 3.8) is 0 Å². The summed E-state index contributed by atoms with van der Waals surface area (Å²) in [5.41, 5.74) is 2.64. The van der Waals surface area contributed by atoms with Crippen molar-refractivity contribution in [3.8, 4) is 16.9 Å². The highest BCUT2D eigenvalue weighted by molar-refractivity contribution is 5.92. The molecule has 0 amide bonds. The van der Waals surface area contributed by atoms with Crippen LogP contribution in [0.1, 0.15) is 24.5 Å². The summed E-state index contributed by atoms with van der Waals surface area (Å²) in [4.78, 5) is 0. The lowest BCUT2D eigenvalue weighted by atomic mass is 9.96. The number of allylic oxidation sites excluding steroid dienone is 1. The molecule has 140 valence electrons. The van der Waals surface area contributed by atoms with Gasteiger partial charge in [-0.1, -0.05) is 55.5 Å². The Morgan fingerprint density at radius 1 is 1.04 bits per heavy atom. The van der Waals surface area contributed by atoms with Crippen molar-refractivity contribution in [1.82, 2.24) is 0 Å². The van der Waals surface area contributed by atoms with Crippen LogP contribution in [0.4, 0.5) is 13.2 Å². The summed E-state index contributed by atoms with van der Waals surface area (Å²) < 4.78 is 45.8. The molecule has 0 spiro atoms.